The van der Waals surface area contributed by atoms with Gasteiger partial charge in [-0.05, 0) is 42.0 Å². The molecule has 7 nitrogen and oxygen atoms in total. The third-order valence-corrected chi connectivity index (χ3v) is 5.57. The van der Waals surface area contributed by atoms with Gasteiger partial charge in [0.1, 0.15) is 11.5 Å². The molecule has 0 aliphatic carbocycles. The van der Waals surface area contributed by atoms with Gasteiger partial charge in [-0.25, -0.2) is 15.0 Å². The van der Waals surface area contributed by atoms with E-state index in [9.17, 15) is 9.90 Å². The van der Waals surface area contributed by atoms with E-state index >= 15 is 0 Å². The molecule has 8 heteroatoms. The topological polar surface area (TPSA) is 97.2 Å². The Labute approximate surface area is 160 Å². The maximum atomic E-state index is 12.7. The molecule has 1 saturated heterocycles. The van der Waals surface area contributed by atoms with Crippen LogP contribution in [0.2, 0.25) is 0 Å². The molecule has 0 spiro atoms. The minimum absolute atomic E-state index is 0.237. The van der Waals surface area contributed by atoms with Crippen molar-refractivity contribution in [1.29, 1.82) is 0 Å². The van der Waals surface area contributed by atoms with Gasteiger partial charge in [-0.2, -0.15) is 0 Å². The highest BCUT2D eigenvalue weighted by Gasteiger charge is 2.26. The average molecular weight is 384 g/mol. The fraction of sp³-hybridized carbons (Fsp3) is 0.368. The number of aryl methyl sites for hydroxylation is 1. The fourth-order valence-corrected chi connectivity index (χ4v) is 3.99. The maximum absolute atomic E-state index is 12.7. The van der Waals surface area contributed by atoms with Crippen molar-refractivity contribution in [3.8, 4) is 0 Å². The molecule has 0 saturated carbocycles. The van der Waals surface area contributed by atoms with E-state index in [4.69, 9.17) is 4.74 Å². The number of nitrogens with one attached hydrogen (secondary N) is 1. The molecular weight excluding hydrogens is 364 g/mol. The number of aromatic nitrogens is 3. The molecule has 0 unspecified atom stereocenters. The molecule has 1 fully saturated rings. The summed E-state index contributed by atoms with van der Waals surface area (Å²) in [6.07, 6.45) is 4.12. The Bertz CT molecular complexity index is 957. The molecule has 3 aromatic heterocycles. The predicted molar refractivity (Wildman–Crippen MR) is 102 cm³/mol. The second-order valence-corrected chi connectivity index (χ2v) is 7.54. The predicted octanol–water partition coefficient (Wildman–Crippen LogP) is 1.87. The molecule has 3 aromatic rings. The van der Waals surface area contributed by atoms with E-state index in [1.807, 2.05) is 24.4 Å². The van der Waals surface area contributed by atoms with Gasteiger partial charge in [0.15, 0.2) is 0 Å². The maximum Gasteiger partial charge on any atom is 0.270 e. The molecule has 4 heterocycles. The van der Waals surface area contributed by atoms with Crippen LogP contribution in [0.5, 0.6) is 0 Å². The van der Waals surface area contributed by atoms with Gasteiger partial charge in [-0.15, -0.1) is 11.3 Å². The lowest BCUT2D eigenvalue weighted by Crippen LogP contribution is -2.48. The summed E-state index contributed by atoms with van der Waals surface area (Å²) in [7, 11) is 0. The quantitative estimate of drug-likeness (QED) is 0.713. The summed E-state index contributed by atoms with van der Waals surface area (Å²) in [4.78, 5) is 25.7. The molecular formula is C19H20N4O3S. The summed E-state index contributed by atoms with van der Waals surface area (Å²) in [6, 6.07) is 3.41. The average Bonchev–Trinajstić information content (AvgIpc) is 3.14. The number of amides is 1. The van der Waals surface area contributed by atoms with Crippen LogP contribution in [0, 0.1) is 6.92 Å². The number of fused-ring (bicyclic) bond motifs is 1. The number of aliphatic hydroxyl groups is 1. The Kier molecular flexibility index (Phi) is 5.11. The van der Waals surface area contributed by atoms with Crippen LogP contribution in [0.3, 0.4) is 0 Å². The Balaban J connectivity index is 1.61. The molecule has 2 atom stereocenters. The van der Waals surface area contributed by atoms with Gasteiger partial charge in [-0.1, -0.05) is 0 Å². The van der Waals surface area contributed by atoms with Crippen LogP contribution in [0.4, 0.5) is 0 Å². The van der Waals surface area contributed by atoms with E-state index < -0.39 is 6.10 Å². The number of nitrogens with zero attached hydrogens (tertiary/aromatic N) is 3. The molecule has 140 valence electrons. The zero-order chi connectivity index (χ0) is 18.8. The van der Waals surface area contributed by atoms with Crippen LogP contribution in [-0.4, -0.2) is 51.3 Å². The van der Waals surface area contributed by atoms with E-state index in [1.165, 1.54) is 0 Å². The SMILES string of the molecule is Cc1ncc(Cc2cc(C(=O)N[C@@H]3CCOC[C@H]3O)nc3ccsc23)cn1. The highest BCUT2D eigenvalue weighted by atomic mass is 32.1. The molecule has 1 amide bonds. The fourth-order valence-electron chi connectivity index (χ4n) is 3.14. The molecule has 4 rings (SSSR count). The van der Waals surface area contributed by atoms with Crippen molar-refractivity contribution >= 4 is 27.5 Å². The van der Waals surface area contributed by atoms with Gasteiger partial charge in [-0.3, -0.25) is 4.79 Å². The molecule has 0 radical (unpaired) electrons. The van der Waals surface area contributed by atoms with Gasteiger partial charge in [0.05, 0.1) is 29.0 Å². The van der Waals surface area contributed by atoms with Crippen LogP contribution in [0.15, 0.2) is 29.9 Å². The van der Waals surface area contributed by atoms with Gasteiger partial charge >= 0.3 is 0 Å². The standard InChI is InChI=1S/C19H20N4O3S/c1-11-20-8-12(9-21-11)6-13-7-16(22-15-3-5-27-18(13)15)19(25)23-14-2-4-26-10-17(14)24/h3,5,7-9,14,17,24H,2,4,6,10H2,1H3,(H,23,25)/t14-,17-/m1/s1. The zero-order valence-electron chi connectivity index (χ0n) is 14.9. The summed E-state index contributed by atoms with van der Waals surface area (Å²) in [5.74, 6) is 0.445. The third-order valence-electron chi connectivity index (χ3n) is 4.59. The first-order chi connectivity index (χ1) is 13.1. The number of pyridine rings is 1. The number of rotatable bonds is 4. The van der Waals surface area contributed by atoms with E-state index in [1.54, 1.807) is 23.7 Å². The Morgan fingerprint density at radius 2 is 2.22 bits per heavy atom. The summed E-state index contributed by atoms with van der Waals surface area (Å²) < 4.78 is 6.27. The number of hydrogen-bond donors (Lipinski definition) is 2. The van der Waals surface area contributed by atoms with Crippen LogP contribution in [-0.2, 0) is 11.2 Å². The highest BCUT2D eigenvalue weighted by Crippen LogP contribution is 2.26. The highest BCUT2D eigenvalue weighted by molar-refractivity contribution is 7.17. The first-order valence-corrected chi connectivity index (χ1v) is 9.69. The second-order valence-electron chi connectivity index (χ2n) is 6.63. The first-order valence-electron chi connectivity index (χ1n) is 8.81. The lowest BCUT2D eigenvalue weighted by Gasteiger charge is -2.28. The van der Waals surface area contributed by atoms with Crippen LogP contribution < -0.4 is 5.32 Å². The van der Waals surface area contributed by atoms with Gasteiger partial charge in [0.2, 0.25) is 0 Å². The van der Waals surface area contributed by atoms with Gasteiger partial charge in [0.25, 0.3) is 5.91 Å². The van der Waals surface area contributed by atoms with Gasteiger partial charge in [0, 0.05) is 25.4 Å². The minimum atomic E-state index is -0.697. The minimum Gasteiger partial charge on any atom is -0.389 e. The number of thiophene rings is 1. The van der Waals surface area contributed by atoms with E-state index in [-0.39, 0.29) is 18.6 Å². The van der Waals surface area contributed by atoms with Crippen molar-refractivity contribution in [1.82, 2.24) is 20.3 Å². The smallest absolute Gasteiger partial charge is 0.270 e. The lowest BCUT2D eigenvalue weighted by molar-refractivity contribution is -0.0261. The number of carbonyl (C=O) groups is 1. The largest absolute Gasteiger partial charge is 0.389 e. The van der Waals surface area contributed by atoms with Crippen LogP contribution >= 0.6 is 11.3 Å². The molecule has 1 aliphatic heterocycles. The molecule has 27 heavy (non-hydrogen) atoms. The van der Waals surface area contributed by atoms with E-state index in [0.717, 1.165) is 27.2 Å². The Hall–Kier alpha value is -2.42. The van der Waals surface area contributed by atoms with Crippen molar-refractivity contribution in [2.24, 2.45) is 0 Å². The van der Waals surface area contributed by atoms with Crippen molar-refractivity contribution < 1.29 is 14.6 Å². The molecule has 0 bridgehead atoms. The summed E-state index contributed by atoms with van der Waals surface area (Å²) in [6.45, 7) is 2.61. The van der Waals surface area contributed by atoms with Crippen molar-refractivity contribution in [2.75, 3.05) is 13.2 Å². The number of aliphatic hydroxyl groups excluding tert-OH is 1. The van der Waals surface area contributed by atoms with E-state index in [2.05, 4.69) is 20.3 Å². The molecule has 1 aliphatic rings. The lowest BCUT2D eigenvalue weighted by atomic mass is 10.0. The third kappa shape index (κ3) is 3.97. The Morgan fingerprint density at radius 1 is 1.41 bits per heavy atom. The van der Waals surface area contributed by atoms with Crippen LogP contribution in [0.1, 0.15) is 33.9 Å². The number of carbonyl (C=O) groups excluding carboxylic acids is 1. The van der Waals surface area contributed by atoms with Crippen LogP contribution in [0.25, 0.3) is 10.2 Å². The summed E-state index contributed by atoms with van der Waals surface area (Å²) in [5, 5.41) is 14.9. The monoisotopic (exact) mass is 384 g/mol. The Morgan fingerprint density at radius 3 is 3.00 bits per heavy atom. The number of hydrogen-bond acceptors (Lipinski definition) is 7. The normalized spacial score (nSPS) is 19.9. The first kappa shape index (κ1) is 18.0. The zero-order valence-corrected chi connectivity index (χ0v) is 15.7. The van der Waals surface area contributed by atoms with E-state index in [0.29, 0.717) is 25.1 Å². The summed E-state index contributed by atoms with van der Waals surface area (Å²) in [5.41, 5.74) is 3.14. The molecule has 2 N–H and O–H groups in total. The second kappa shape index (κ2) is 7.67. The van der Waals surface area contributed by atoms with Gasteiger partial charge < -0.3 is 15.2 Å². The van der Waals surface area contributed by atoms with Crippen molar-refractivity contribution in [2.45, 2.75) is 31.9 Å². The van der Waals surface area contributed by atoms with Crippen molar-refractivity contribution in [3.05, 3.63) is 52.6 Å². The molecule has 0 aromatic carbocycles. The number of ether oxygens (including phenoxy) is 1. The van der Waals surface area contributed by atoms with Crippen molar-refractivity contribution in [3.63, 3.8) is 0 Å². The summed E-state index contributed by atoms with van der Waals surface area (Å²) >= 11 is 1.60.